The molecule has 4 heteroatoms. The maximum atomic E-state index is 5.86. The van der Waals surface area contributed by atoms with Crippen molar-refractivity contribution < 1.29 is 14.2 Å². The van der Waals surface area contributed by atoms with E-state index >= 15 is 0 Å². The highest BCUT2D eigenvalue weighted by atomic mass is 16.5. The molecule has 1 heterocycles. The Bertz CT molecular complexity index is 475. The van der Waals surface area contributed by atoms with Crippen LogP contribution in [0.5, 0.6) is 11.5 Å². The lowest BCUT2D eigenvalue weighted by Crippen LogP contribution is -2.31. The number of ether oxygens (including phenoxy) is 3. The quantitative estimate of drug-likeness (QED) is 0.875. The Morgan fingerprint density at radius 1 is 1.29 bits per heavy atom. The normalized spacial score (nSPS) is 23.1. The molecular weight excluding hydrogens is 266 g/mol. The van der Waals surface area contributed by atoms with E-state index in [2.05, 4.69) is 31.3 Å². The van der Waals surface area contributed by atoms with Crippen LogP contribution < -0.4 is 14.8 Å². The van der Waals surface area contributed by atoms with Crippen molar-refractivity contribution in [2.75, 3.05) is 27.9 Å². The van der Waals surface area contributed by atoms with Crippen molar-refractivity contribution in [3.8, 4) is 11.5 Å². The summed E-state index contributed by atoms with van der Waals surface area (Å²) in [6.07, 6.45) is 2.47. The number of hydrogen-bond acceptors (Lipinski definition) is 4. The first-order valence-electron chi connectivity index (χ1n) is 7.67. The van der Waals surface area contributed by atoms with Gasteiger partial charge in [-0.2, -0.15) is 0 Å². The second-order valence-corrected chi connectivity index (χ2v) is 5.60. The van der Waals surface area contributed by atoms with Gasteiger partial charge in [-0.15, -0.1) is 0 Å². The molecule has 0 saturated carbocycles. The summed E-state index contributed by atoms with van der Waals surface area (Å²) < 4.78 is 16.7. The second kappa shape index (κ2) is 7.14. The van der Waals surface area contributed by atoms with E-state index in [0.717, 1.165) is 30.9 Å². The van der Waals surface area contributed by atoms with Gasteiger partial charge in [0.1, 0.15) is 0 Å². The average Bonchev–Trinajstić information content (AvgIpc) is 2.97. The van der Waals surface area contributed by atoms with Gasteiger partial charge in [0, 0.05) is 18.6 Å². The summed E-state index contributed by atoms with van der Waals surface area (Å²) in [6.45, 7) is 5.17. The van der Waals surface area contributed by atoms with Crippen LogP contribution in [0.25, 0.3) is 0 Å². The van der Waals surface area contributed by atoms with Gasteiger partial charge >= 0.3 is 0 Å². The van der Waals surface area contributed by atoms with Crippen LogP contribution in [0.15, 0.2) is 12.1 Å². The Balaban J connectivity index is 2.37. The van der Waals surface area contributed by atoms with Crippen LogP contribution in [0.4, 0.5) is 0 Å². The van der Waals surface area contributed by atoms with Crippen LogP contribution >= 0.6 is 0 Å². The first kappa shape index (κ1) is 16.1. The summed E-state index contributed by atoms with van der Waals surface area (Å²) in [5.41, 5.74) is 2.48. The van der Waals surface area contributed by atoms with Gasteiger partial charge in [-0.05, 0) is 50.1 Å². The zero-order valence-electron chi connectivity index (χ0n) is 13.7. The Morgan fingerprint density at radius 2 is 1.95 bits per heavy atom. The molecule has 1 N–H and O–H groups in total. The smallest absolute Gasteiger partial charge is 0.161 e. The van der Waals surface area contributed by atoms with Gasteiger partial charge in [0.2, 0.25) is 0 Å². The van der Waals surface area contributed by atoms with Crippen molar-refractivity contribution >= 4 is 0 Å². The molecule has 0 aromatic heterocycles. The zero-order chi connectivity index (χ0) is 15.4. The minimum Gasteiger partial charge on any atom is -0.493 e. The third-order valence-corrected chi connectivity index (χ3v) is 4.51. The van der Waals surface area contributed by atoms with Crippen LogP contribution in [0.2, 0.25) is 0 Å². The minimum atomic E-state index is 0.275. The number of nitrogens with one attached hydrogen (secondary N) is 1. The third kappa shape index (κ3) is 3.16. The molecule has 21 heavy (non-hydrogen) atoms. The predicted octanol–water partition coefficient (Wildman–Crippen LogP) is 3.09. The number of benzene rings is 1. The SMILES string of the molecule is CCC1OCCC1C(NC)c1cc(OC)c(OC)cc1C. The monoisotopic (exact) mass is 293 g/mol. The molecule has 118 valence electrons. The predicted molar refractivity (Wildman–Crippen MR) is 84.2 cm³/mol. The molecule has 1 aromatic rings. The maximum Gasteiger partial charge on any atom is 0.161 e. The number of rotatable bonds is 6. The van der Waals surface area contributed by atoms with Crippen molar-refractivity contribution in [2.45, 2.75) is 38.8 Å². The molecule has 0 spiro atoms. The van der Waals surface area contributed by atoms with Crippen molar-refractivity contribution in [3.63, 3.8) is 0 Å². The lowest BCUT2D eigenvalue weighted by atomic mass is 9.85. The van der Waals surface area contributed by atoms with Crippen molar-refractivity contribution in [3.05, 3.63) is 23.3 Å². The number of methoxy groups -OCH3 is 2. The average molecular weight is 293 g/mol. The van der Waals surface area contributed by atoms with Crippen molar-refractivity contribution in [1.82, 2.24) is 5.32 Å². The first-order chi connectivity index (χ1) is 10.2. The van der Waals surface area contributed by atoms with Gasteiger partial charge in [0.15, 0.2) is 11.5 Å². The van der Waals surface area contributed by atoms with Gasteiger partial charge in [-0.1, -0.05) is 6.92 Å². The molecule has 1 aromatic carbocycles. The topological polar surface area (TPSA) is 39.7 Å². The molecule has 1 aliphatic rings. The summed E-state index contributed by atoms with van der Waals surface area (Å²) in [6, 6.07) is 4.42. The van der Waals surface area contributed by atoms with Gasteiger partial charge in [-0.25, -0.2) is 0 Å². The second-order valence-electron chi connectivity index (χ2n) is 5.60. The maximum absolute atomic E-state index is 5.86. The zero-order valence-corrected chi connectivity index (χ0v) is 13.7. The van der Waals surface area contributed by atoms with Crippen LogP contribution in [-0.4, -0.2) is 34.0 Å². The van der Waals surface area contributed by atoms with E-state index in [1.807, 2.05) is 7.05 Å². The van der Waals surface area contributed by atoms with E-state index in [1.165, 1.54) is 11.1 Å². The Hall–Kier alpha value is -1.26. The molecular formula is C17H27NO3. The minimum absolute atomic E-state index is 0.275. The lowest BCUT2D eigenvalue weighted by molar-refractivity contribution is 0.0781. The van der Waals surface area contributed by atoms with E-state index in [9.17, 15) is 0 Å². The Labute approximate surface area is 127 Å². The van der Waals surface area contributed by atoms with Gasteiger partial charge in [0.25, 0.3) is 0 Å². The standard InChI is InChI=1S/C17H27NO3/c1-6-14-12(7-8-21-14)17(18-3)13-10-16(20-5)15(19-4)9-11(13)2/h9-10,12,14,17-18H,6-8H2,1-5H3. The fraction of sp³-hybridized carbons (Fsp3) is 0.647. The molecule has 0 aliphatic carbocycles. The molecule has 1 saturated heterocycles. The largest absolute Gasteiger partial charge is 0.493 e. The molecule has 3 unspecified atom stereocenters. The highest BCUT2D eigenvalue weighted by Crippen LogP contribution is 2.39. The molecule has 1 fully saturated rings. The van der Waals surface area contributed by atoms with E-state index in [4.69, 9.17) is 14.2 Å². The summed E-state index contributed by atoms with van der Waals surface area (Å²) in [4.78, 5) is 0. The van der Waals surface area contributed by atoms with Crippen LogP contribution in [0.1, 0.15) is 36.9 Å². The summed E-state index contributed by atoms with van der Waals surface area (Å²) in [5, 5.41) is 3.48. The molecule has 4 nitrogen and oxygen atoms in total. The Kier molecular flexibility index (Phi) is 5.48. The fourth-order valence-electron chi connectivity index (χ4n) is 3.40. The van der Waals surface area contributed by atoms with Crippen molar-refractivity contribution in [1.29, 1.82) is 0 Å². The van der Waals surface area contributed by atoms with Gasteiger partial charge < -0.3 is 19.5 Å². The lowest BCUT2D eigenvalue weighted by Gasteiger charge is -2.29. The summed E-state index contributed by atoms with van der Waals surface area (Å²) in [7, 11) is 5.37. The molecule has 0 amide bonds. The van der Waals surface area contributed by atoms with E-state index < -0.39 is 0 Å². The van der Waals surface area contributed by atoms with E-state index in [-0.39, 0.29) is 6.04 Å². The first-order valence-corrected chi connectivity index (χ1v) is 7.67. The molecule has 3 atom stereocenters. The fourth-order valence-corrected chi connectivity index (χ4v) is 3.40. The third-order valence-electron chi connectivity index (χ3n) is 4.51. The highest BCUT2D eigenvalue weighted by Gasteiger charge is 2.34. The summed E-state index contributed by atoms with van der Waals surface area (Å²) in [5.74, 6) is 2.06. The van der Waals surface area contributed by atoms with Crippen LogP contribution in [0, 0.1) is 12.8 Å². The molecule has 0 radical (unpaired) electrons. The number of hydrogen-bond donors (Lipinski definition) is 1. The van der Waals surface area contributed by atoms with Gasteiger partial charge in [-0.3, -0.25) is 0 Å². The van der Waals surface area contributed by atoms with E-state index in [1.54, 1.807) is 14.2 Å². The van der Waals surface area contributed by atoms with Crippen LogP contribution in [-0.2, 0) is 4.74 Å². The molecule has 1 aliphatic heterocycles. The molecule has 2 rings (SSSR count). The van der Waals surface area contributed by atoms with Crippen LogP contribution in [0.3, 0.4) is 0 Å². The number of aryl methyl sites for hydroxylation is 1. The summed E-state index contributed by atoms with van der Waals surface area (Å²) >= 11 is 0. The molecule has 0 bridgehead atoms. The van der Waals surface area contributed by atoms with Crippen molar-refractivity contribution in [2.24, 2.45) is 5.92 Å². The Morgan fingerprint density at radius 3 is 2.52 bits per heavy atom. The highest BCUT2D eigenvalue weighted by molar-refractivity contribution is 5.48. The van der Waals surface area contributed by atoms with Gasteiger partial charge in [0.05, 0.1) is 20.3 Å². The van der Waals surface area contributed by atoms with E-state index in [0.29, 0.717) is 12.0 Å².